The fraction of sp³-hybridized carbons (Fsp3) is 0. The highest BCUT2D eigenvalue weighted by molar-refractivity contribution is 5.85. The maximum Gasteiger partial charge on any atom is 0.270 e. The van der Waals surface area contributed by atoms with Crippen LogP contribution in [0, 0.1) is 10.1 Å². The number of anilines is 1. The molecule has 1 heterocycles. The molecule has 3 aromatic rings. The van der Waals surface area contributed by atoms with Crippen LogP contribution in [-0.4, -0.2) is 21.1 Å². The van der Waals surface area contributed by atoms with Crippen molar-refractivity contribution in [2.45, 2.75) is 0 Å². The number of rotatable bonds is 4. The SMILES string of the molecule is O=[N+]([O-])c1ccc([O-])c(/C=N\Nc2nc3ccccc3[nH]2)c1. The van der Waals surface area contributed by atoms with Gasteiger partial charge in [-0.15, -0.1) is 0 Å². The number of H-pyrrole nitrogens is 1. The van der Waals surface area contributed by atoms with E-state index in [9.17, 15) is 15.2 Å². The normalized spacial score (nSPS) is 11.1. The van der Waals surface area contributed by atoms with Gasteiger partial charge in [0.15, 0.2) is 0 Å². The van der Waals surface area contributed by atoms with Gasteiger partial charge in [0.2, 0.25) is 5.95 Å². The fourth-order valence-corrected chi connectivity index (χ4v) is 1.92. The zero-order valence-electron chi connectivity index (χ0n) is 11.2. The van der Waals surface area contributed by atoms with Crippen LogP contribution < -0.4 is 10.5 Å². The van der Waals surface area contributed by atoms with Crippen molar-refractivity contribution >= 4 is 28.9 Å². The Morgan fingerprint density at radius 1 is 1.27 bits per heavy atom. The van der Waals surface area contributed by atoms with E-state index in [1.165, 1.54) is 12.3 Å². The number of imidazole rings is 1. The molecule has 110 valence electrons. The van der Waals surface area contributed by atoms with Crippen LogP contribution in [0.3, 0.4) is 0 Å². The minimum absolute atomic E-state index is 0.123. The summed E-state index contributed by atoms with van der Waals surface area (Å²) in [6.45, 7) is 0. The standard InChI is InChI=1S/C14H11N5O3/c20-13-6-5-10(19(21)22)7-9(13)8-15-18-14-16-11-3-1-2-4-12(11)17-14/h1-8,20H,(H2,16,17,18)/p-1/b15-8-. The Morgan fingerprint density at radius 3 is 2.86 bits per heavy atom. The molecule has 2 aromatic carbocycles. The first-order valence-corrected chi connectivity index (χ1v) is 6.33. The summed E-state index contributed by atoms with van der Waals surface area (Å²) < 4.78 is 0. The molecular weight excluding hydrogens is 286 g/mol. The average Bonchev–Trinajstić information content (AvgIpc) is 2.91. The molecule has 0 saturated heterocycles. The van der Waals surface area contributed by atoms with Crippen molar-refractivity contribution in [2.24, 2.45) is 5.10 Å². The Morgan fingerprint density at radius 2 is 2.09 bits per heavy atom. The van der Waals surface area contributed by atoms with Gasteiger partial charge in [0.1, 0.15) is 0 Å². The summed E-state index contributed by atoms with van der Waals surface area (Å²) in [5.74, 6) is 0.0658. The molecule has 0 fully saturated rings. The number of hydrogen-bond acceptors (Lipinski definition) is 6. The van der Waals surface area contributed by atoms with E-state index in [0.29, 0.717) is 5.95 Å². The molecule has 0 spiro atoms. The minimum Gasteiger partial charge on any atom is -0.872 e. The van der Waals surface area contributed by atoms with Gasteiger partial charge in [-0.2, -0.15) is 5.10 Å². The number of non-ortho nitro benzene ring substituents is 1. The van der Waals surface area contributed by atoms with Crippen molar-refractivity contribution in [1.29, 1.82) is 0 Å². The monoisotopic (exact) mass is 296 g/mol. The molecule has 3 rings (SSSR count). The van der Waals surface area contributed by atoms with Gasteiger partial charge in [0, 0.05) is 12.1 Å². The number of nitrogens with one attached hydrogen (secondary N) is 2. The molecule has 0 aliphatic carbocycles. The molecule has 22 heavy (non-hydrogen) atoms. The van der Waals surface area contributed by atoms with Gasteiger partial charge in [-0.3, -0.25) is 10.1 Å². The third kappa shape index (κ3) is 2.70. The quantitative estimate of drug-likeness (QED) is 0.433. The molecule has 0 amide bonds. The topological polar surface area (TPSA) is 119 Å². The molecule has 0 saturated carbocycles. The summed E-state index contributed by atoms with van der Waals surface area (Å²) in [7, 11) is 0. The number of aromatic amines is 1. The summed E-state index contributed by atoms with van der Waals surface area (Å²) >= 11 is 0. The number of nitrogens with zero attached hydrogens (tertiary/aromatic N) is 3. The van der Waals surface area contributed by atoms with Crippen LogP contribution in [0.2, 0.25) is 0 Å². The minimum atomic E-state index is -0.566. The Hall–Kier alpha value is -3.42. The molecule has 8 heteroatoms. The summed E-state index contributed by atoms with van der Waals surface area (Å²) in [5, 5.41) is 26.2. The van der Waals surface area contributed by atoms with Crippen molar-refractivity contribution in [3.63, 3.8) is 0 Å². The molecule has 8 nitrogen and oxygen atoms in total. The van der Waals surface area contributed by atoms with E-state index in [0.717, 1.165) is 23.2 Å². The average molecular weight is 296 g/mol. The van der Waals surface area contributed by atoms with E-state index in [-0.39, 0.29) is 17.0 Å². The third-order valence-electron chi connectivity index (χ3n) is 2.97. The van der Waals surface area contributed by atoms with E-state index in [1.807, 2.05) is 24.3 Å². The zero-order chi connectivity index (χ0) is 15.5. The lowest BCUT2D eigenvalue weighted by molar-refractivity contribution is -0.385. The number of para-hydroxylation sites is 2. The van der Waals surface area contributed by atoms with Crippen LogP contribution in [0.15, 0.2) is 47.6 Å². The van der Waals surface area contributed by atoms with Gasteiger partial charge in [0.05, 0.1) is 22.2 Å². The first-order chi connectivity index (χ1) is 10.6. The maximum absolute atomic E-state index is 11.6. The second kappa shape index (κ2) is 5.52. The highest BCUT2D eigenvalue weighted by atomic mass is 16.6. The number of benzene rings is 2. The van der Waals surface area contributed by atoms with Crippen LogP contribution in [-0.2, 0) is 0 Å². The molecule has 2 N–H and O–H groups in total. The van der Waals surface area contributed by atoms with Gasteiger partial charge in [-0.05, 0) is 17.7 Å². The van der Waals surface area contributed by atoms with Crippen molar-refractivity contribution in [2.75, 3.05) is 5.43 Å². The fourth-order valence-electron chi connectivity index (χ4n) is 1.92. The number of fused-ring (bicyclic) bond motifs is 1. The first kappa shape index (κ1) is 13.6. The zero-order valence-corrected chi connectivity index (χ0v) is 11.2. The maximum atomic E-state index is 11.6. The van der Waals surface area contributed by atoms with Gasteiger partial charge < -0.3 is 10.1 Å². The first-order valence-electron chi connectivity index (χ1n) is 6.33. The van der Waals surface area contributed by atoms with Crippen molar-refractivity contribution in [1.82, 2.24) is 9.97 Å². The van der Waals surface area contributed by atoms with E-state index in [4.69, 9.17) is 0 Å². The Bertz CT molecular complexity index is 839. The van der Waals surface area contributed by atoms with Crippen molar-refractivity contribution in [3.8, 4) is 5.75 Å². The smallest absolute Gasteiger partial charge is 0.270 e. The van der Waals surface area contributed by atoms with Crippen LogP contribution in [0.4, 0.5) is 11.6 Å². The third-order valence-corrected chi connectivity index (χ3v) is 2.97. The Labute approximate surface area is 124 Å². The van der Waals surface area contributed by atoms with E-state index in [1.54, 1.807) is 0 Å². The summed E-state index contributed by atoms with van der Waals surface area (Å²) in [4.78, 5) is 17.4. The van der Waals surface area contributed by atoms with Gasteiger partial charge >= 0.3 is 0 Å². The molecule has 0 bridgehead atoms. The lowest BCUT2D eigenvalue weighted by Gasteiger charge is -2.08. The van der Waals surface area contributed by atoms with E-state index >= 15 is 0 Å². The second-order valence-corrected chi connectivity index (χ2v) is 4.45. The van der Waals surface area contributed by atoms with E-state index in [2.05, 4.69) is 20.5 Å². The number of aromatic nitrogens is 2. The summed E-state index contributed by atoms with van der Waals surface area (Å²) in [6, 6.07) is 10.9. The van der Waals surface area contributed by atoms with Crippen LogP contribution >= 0.6 is 0 Å². The number of nitro benzene ring substituents is 1. The molecule has 0 atom stereocenters. The predicted octanol–water partition coefficient (Wildman–Crippen LogP) is 1.99. The Balaban J connectivity index is 1.79. The molecule has 1 aromatic heterocycles. The summed E-state index contributed by atoms with van der Waals surface area (Å²) in [5.41, 5.74) is 4.24. The lowest BCUT2D eigenvalue weighted by Crippen LogP contribution is -1.99. The number of nitro groups is 1. The Kier molecular flexibility index (Phi) is 3.40. The molecule has 0 radical (unpaired) electrons. The summed E-state index contributed by atoms with van der Waals surface area (Å²) in [6.07, 6.45) is 1.22. The highest BCUT2D eigenvalue weighted by Crippen LogP contribution is 2.19. The second-order valence-electron chi connectivity index (χ2n) is 4.45. The molecule has 0 aliphatic rings. The van der Waals surface area contributed by atoms with Gasteiger partial charge in [0.25, 0.3) is 5.69 Å². The molecule has 0 aliphatic heterocycles. The van der Waals surface area contributed by atoms with Crippen molar-refractivity contribution in [3.05, 3.63) is 58.1 Å². The molecule has 0 unspecified atom stereocenters. The number of hydrogen-bond donors (Lipinski definition) is 2. The van der Waals surface area contributed by atoms with Gasteiger partial charge in [-0.1, -0.05) is 23.9 Å². The number of hydrazone groups is 1. The van der Waals surface area contributed by atoms with Crippen LogP contribution in [0.5, 0.6) is 5.75 Å². The largest absolute Gasteiger partial charge is 0.872 e. The predicted molar refractivity (Wildman–Crippen MR) is 79.9 cm³/mol. The molecular formula is C14H10N5O3-. The van der Waals surface area contributed by atoms with Gasteiger partial charge in [-0.25, -0.2) is 10.4 Å². The van der Waals surface area contributed by atoms with Crippen molar-refractivity contribution < 1.29 is 10.0 Å². The lowest BCUT2D eigenvalue weighted by atomic mass is 10.2. The van der Waals surface area contributed by atoms with Crippen LogP contribution in [0.1, 0.15) is 5.56 Å². The highest BCUT2D eigenvalue weighted by Gasteiger charge is 2.05. The van der Waals surface area contributed by atoms with E-state index < -0.39 is 4.92 Å². The van der Waals surface area contributed by atoms with Crippen LogP contribution in [0.25, 0.3) is 11.0 Å².